The summed E-state index contributed by atoms with van der Waals surface area (Å²) in [7, 11) is 0. The average Bonchev–Trinajstić information content (AvgIpc) is 2.70. The van der Waals surface area contributed by atoms with Crippen molar-refractivity contribution in [2.24, 2.45) is 5.73 Å². The van der Waals surface area contributed by atoms with E-state index < -0.39 is 0 Å². The number of hydrogen-bond donors (Lipinski definition) is 1. The third kappa shape index (κ3) is 1.75. The normalized spacial score (nSPS) is 22.3. The Hall–Kier alpha value is -1.03. The standard InChI is InChI=1S/C10H18N4/c1-8(2)14-7-10(5-12-14)13-4-3-9(11)6-13/h5,7-9H,3-4,6,11H2,1-2H3. The van der Waals surface area contributed by atoms with Crippen molar-refractivity contribution >= 4 is 5.69 Å². The zero-order chi connectivity index (χ0) is 10.1. The first-order valence-electron chi connectivity index (χ1n) is 5.21. The molecule has 78 valence electrons. The van der Waals surface area contributed by atoms with Crippen LogP contribution in [0.5, 0.6) is 0 Å². The van der Waals surface area contributed by atoms with Crippen LogP contribution in [0, 0.1) is 0 Å². The second kappa shape index (κ2) is 3.61. The van der Waals surface area contributed by atoms with Crippen LogP contribution in [0.4, 0.5) is 5.69 Å². The molecule has 0 radical (unpaired) electrons. The molecule has 2 N–H and O–H groups in total. The van der Waals surface area contributed by atoms with E-state index in [0.717, 1.165) is 19.5 Å². The Labute approximate surface area is 84.7 Å². The van der Waals surface area contributed by atoms with E-state index in [4.69, 9.17) is 5.73 Å². The van der Waals surface area contributed by atoms with Crippen molar-refractivity contribution in [3.05, 3.63) is 12.4 Å². The fraction of sp³-hybridized carbons (Fsp3) is 0.700. The van der Waals surface area contributed by atoms with Gasteiger partial charge in [-0.1, -0.05) is 0 Å². The second-order valence-corrected chi connectivity index (χ2v) is 4.27. The van der Waals surface area contributed by atoms with Gasteiger partial charge < -0.3 is 10.6 Å². The topological polar surface area (TPSA) is 47.1 Å². The van der Waals surface area contributed by atoms with Crippen LogP contribution in [0.2, 0.25) is 0 Å². The average molecular weight is 194 g/mol. The summed E-state index contributed by atoms with van der Waals surface area (Å²) >= 11 is 0. The SMILES string of the molecule is CC(C)n1cc(N2CCC(N)C2)cn1. The Balaban J connectivity index is 2.09. The summed E-state index contributed by atoms with van der Waals surface area (Å²) in [4.78, 5) is 2.30. The van der Waals surface area contributed by atoms with Gasteiger partial charge in [-0.25, -0.2) is 0 Å². The third-order valence-corrected chi connectivity index (χ3v) is 2.71. The first kappa shape index (κ1) is 9.52. The first-order valence-corrected chi connectivity index (χ1v) is 5.21. The highest BCUT2D eigenvalue weighted by Crippen LogP contribution is 2.19. The van der Waals surface area contributed by atoms with Crippen molar-refractivity contribution in [2.45, 2.75) is 32.4 Å². The Kier molecular flexibility index (Phi) is 2.46. The van der Waals surface area contributed by atoms with E-state index in [1.807, 2.05) is 10.9 Å². The smallest absolute Gasteiger partial charge is 0.0753 e. The van der Waals surface area contributed by atoms with Crippen molar-refractivity contribution in [2.75, 3.05) is 18.0 Å². The molecule has 0 amide bonds. The van der Waals surface area contributed by atoms with E-state index in [9.17, 15) is 0 Å². The minimum atomic E-state index is 0.331. The van der Waals surface area contributed by atoms with Crippen LogP contribution < -0.4 is 10.6 Å². The number of nitrogens with two attached hydrogens (primary N) is 1. The summed E-state index contributed by atoms with van der Waals surface area (Å²) in [5.41, 5.74) is 7.06. The van der Waals surface area contributed by atoms with Crippen LogP contribution in [-0.4, -0.2) is 28.9 Å². The van der Waals surface area contributed by atoms with Crippen LogP contribution in [0.3, 0.4) is 0 Å². The Morgan fingerprint density at radius 2 is 2.36 bits per heavy atom. The third-order valence-electron chi connectivity index (χ3n) is 2.71. The lowest BCUT2D eigenvalue weighted by Crippen LogP contribution is -2.25. The molecule has 1 aliphatic heterocycles. The molecule has 1 unspecified atom stereocenters. The Morgan fingerprint density at radius 1 is 1.57 bits per heavy atom. The molecule has 0 aliphatic carbocycles. The van der Waals surface area contributed by atoms with Crippen LogP contribution in [0.15, 0.2) is 12.4 Å². The molecule has 1 aliphatic rings. The summed E-state index contributed by atoms with van der Waals surface area (Å²) in [6, 6.07) is 0.762. The van der Waals surface area contributed by atoms with Gasteiger partial charge in [0.15, 0.2) is 0 Å². The van der Waals surface area contributed by atoms with E-state index in [1.165, 1.54) is 5.69 Å². The van der Waals surface area contributed by atoms with Gasteiger partial charge in [0.25, 0.3) is 0 Å². The number of anilines is 1. The van der Waals surface area contributed by atoms with Crippen molar-refractivity contribution in [1.82, 2.24) is 9.78 Å². The minimum Gasteiger partial charge on any atom is -0.367 e. The monoisotopic (exact) mass is 194 g/mol. The van der Waals surface area contributed by atoms with Gasteiger partial charge in [0, 0.05) is 31.4 Å². The van der Waals surface area contributed by atoms with E-state index >= 15 is 0 Å². The van der Waals surface area contributed by atoms with Gasteiger partial charge in [-0.15, -0.1) is 0 Å². The lowest BCUT2D eigenvalue weighted by Gasteiger charge is -2.14. The van der Waals surface area contributed by atoms with Crippen LogP contribution in [0.1, 0.15) is 26.3 Å². The molecule has 2 rings (SSSR count). The lowest BCUT2D eigenvalue weighted by molar-refractivity contribution is 0.532. The summed E-state index contributed by atoms with van der Waals surface area (Å²) in [5.74, 6) is 0. The molecule has 14 heavy (non-hydrogen) atoms. The van der Waals surface area contributed by atoms with Gasteiger partial charge in [0.1, 0.15) is 0 Å². The first-order chi connectivity index (χ1) is 6.66. The van der Waals surface area contributed by atoms with Crippen molar-refractivity contribution < 1.29 is 0 Å². The van der Waals surface area contributed by atoms with Gasteiger partial charge in [0.2, 0.25) is 0 Å². The fourth-order valence-corrected chi connectivity index (χ4v) is 1.80. The van der Waals surface area contributed by atoms with Crippen molar-refractivity contribution in [3.8, 4) is 0 Å². The van der Waals surface area contributed by atoms with Crippen LogP contribution in [-0.2, 0) is 0 Å². The zero-order valence-corrected chi connectivity index (χ0v) is 8.85. The molecule has 1 aromatic heterocycles. The highest BCUT2D eigenvalue weighted by molar-refractivity contribution is 5.43. The lowest BCUT2D eigenvalue weighted by atomic mass is 10.3. The molecular formula is C10H18N4. The molecule has 1 fully saturated rings. The van der Waals surface area contributed by atoms with E-state index in [2.05, 4.69) is 30.0 Å². The maximum Gasteiger partial charge on any atom is 0.0753 e. The van der Waals surface area contributed by atoms with Gasteiger partial charge >= 0.3 is 0 Å². The van der Waals surface area contributed by atoms with Crippen LogP contribution >= 0.6 is 0 Å². The maximum atomic E-state index is 5.86. The molecule has 0 spiro atoms. The van der Waals surface area contributed by atoms with Crippen molar-refractivity contribution in [3.63, 3.8) is 0 Å². The summed E-state index contributed by atoms with van der Waals surface area (Å²) in [6.45, 7) is 6.29. The molecule has 1 atom stereocenters. The summed E-state index contributed by atoms with van der Waals surface area (Å²) in [6.07, 6.45) is 5.12. The molecule has 0 saturated carbocycles. The second-order valence-electron chi connectivity index (χ2n) is 4.27. The highest BCUT2D eigenvalue weighted by Gasteiger charge is 2.20. The van der Waals surface area contributed by atoms with E-state index in [-0.39, 0.29) is 0 Å². The van der Waals surface area contributed by atoms with Crippen molar-refractivity contribution in [1.29, 1.82) is 0 Å². The van der Waals surface area contributed by atoms with Gasteiger partial charge in [-0.05, 0) is 20.3 Å². The maximum absolute atomic E-state index is 5.86. The fourth-order valence-electron chi connectivity index (χ4n) is 1.80. The molecule has 1 aromatic rings. The Morgan fingerprint density at radius 3 is 2.86 bits per heavy atom. The number of nitrogens with zero attached hydrogens (tertiary/aromatic N) is 3. The van der Waals surface area contributed by atoms with Gasteiger partial charge in [-0.2, -0.15) is 5.10 Å². The molecule has 0 aromatic carbocycles. The zero-order valence-electron chi connectivity index (χ0n) is 8.85. The number of rotatable bonds is 2. The predicted molar refractivity (Wildman–Crippen MR) is 57.4 cm³/mol. The predicted octanol–water partition coefficient (Wildman–Crippen LogP) is 1.00. The molecule has 2 heterocycles. The number of hydrogen-bond acceptors (Lipinski definition) is 3. The minimum absolute atomic E-state index is 0.331. The van der Waals surface area contributed by atoms with Gasteiger partial charge in [0.05, 0.1) is 11.9 Å². The largest absolute Gasteiger partial charge is 0.367 e. The Bertz CT molecular complexity index is 305. The molecular weight excluding hydrogens is 176 g/mol. The molecule has 4 heteroatoms. The molecule has 4 nitrogen and oxygen atoms in total. The van der Waals surface area contributed by atoms with Crippen LogP contribution in [0.25, 0.3) is 0 Å². The quantitative estimate of drug-likeness (QED) is 0.764. The molecule has 1 saturated heterocycles. The van der Waals surface area contributed by atoms with E-state index in [1.54, 1.807) is 0 Å². The summed E-state index contributed by atoms with van der Waals surface area (Å²) < 4.78 is 1.99. The van der Waals surface area contributed by atoms with Gasteiger partial charge in [-0.3, -0.25) is 4.68 Å². The number of aromatic nitrogens is 2. The summed E-state index contributed by atoms with van der Waals surface area (Å²) in [5, 5.41) is 4.32. The molecule has 0 bridgehead atoms. The van der Waals surface area contributed by atoms with E-state index in [0.29, 0.717) is 12.1 Å². The highest BCUT2D eigenvalue weighted by atomic mass is 15.3.